The van der Waals surface area contributed by atoms with Crippen LogP contribution in [-0.4, -0.2) is 31.1 Å². The molecule has 0 aliphatic rings. The molecule has 27 heavy (non-hydrogen) atoms. The number of carbonyl (C=O) groups is 1. The van der Waals surface area contributed by atoms with Gasteiger partial charge >= 0.3 is 0 Å². The Bertz CT molecular complexity index is 859. The van der Waals surface area contributed by atoms with Crippen molar-refractivity contribution in [2.75, 3.05) is 20.3 Å². The summed E-state index contributed by atoms with van der Waals surface area (Å²) in [5, 5.41) is 9.26. The van der Waals surface area contributed by atoms with Gasteiger partial charge in [0.05, 0.1) is 7.11 Å². The largest absolute Gasteiger partial charge is 0.493 e. The molecular weight excluding hydrogens is 364 g/mol. The zero-order valence-electron chi connectivity index (χ0n) is 15.3. The Kier molecular flexibility index (Phi) is 7.72. The monoisotopic (exact) mass is 384 g/mol. The molecule has 2 aromatic carbocycles. The lowest BCUT2D eigenvalue weighted by Crippen LogP contribution is -2.28. The maximum absolute atomic E-state index is 12.5. The van der Waals surface area contributed by atoms with Crippen LogP contribution < -0.4 is 9.47 Å². The van der Waals surface area contributed by atoms with Gasteiger partial charge in [-0.1, -0.05) is 35.9 Å². The number of nitrogens with zero attached hydrogens (tertiary/aromatic N) is 2. The van der Waals surface area contributed by atoms with Crippen molar-refractivity contribution in [3.63, 3.8) is 0 Å². The van der Waals surface area contributed by atoms with Gasteiger partial charge in [0.25, 0.3) is 0 Å². The molecule has 5 nitrogen and oxygen atoms in total. The van der Waals surface area contributed by atoms with Gasteiger partial charge in [-0.05, 0) is 42.3 Å². The third-order valence-electron chi connectivity index (χ3n) is 3.91. The van der Waals surface area contributed by atoms with Crippen LogP contribution in [0, 0.1) is 11.3 Å². The Morgan fingerprint density at radius 3 is 2.70 bits per heavy atom. The maximum atomic E-state index is 12.5. The Morgan fingerprint density at radius 1 is 1.26 bits per heavy atom. The Labute approximate surface area is 164 Å². The molecule has 0 aliphatic heterocycles. The van der Waals surface area contributed by atoms with E-state index in [-0.39, 0.29) is 12.5 Å². The Hall–Kier alpha value is -2.97. The van der Waals surface area contributed by atoms with E-state index in [0.717, 1.165) is 11.1 Å². The van der Waals surface area contributed by atoms with Gasteiger partial charge in [-0.3, -0.25) is 4.79 Å². The first-order valence-corrected chi connectivity index (χ1v) is 8.85. The molecular formula is C21H21ClN2O3. The second-order valence-corrected chi connectivity index (χ2v) is 6.04. The van der Waals surface area contributed by atoms with Crippen LogP contribution in [0.5, 0.6) is 11.5 Å². The summed E-state index contributed by atoms with van der Waals surface area (Å²) in [6, 6.07) is 14.7. The number of amides is 1. The fraction of sp³-hybridized carbons (Fsp3) is 0.238. The fourth-order valence-electron chi connectivity index (χ4n) is 2.47. The van der Waals surface area contributed by atoms with Gasteiger partial charge in [0.2, 0.25) is 5.91 Å². The van der Waals surface area contributed by atoms with E-state index in [1.807, 2.05) is 37.3 Å². The van der Waals surface area contributed by atoms with Gasteiger partial charge in [0.1, 0.15) is 6.07 Å². The van der Waals surface area contributed by atoms with Crippen molar-refractivity contribution in [2.24, 2.45) is 0 Å². The molecule has 2 aromatic rings. The van der Waals surface area contributed by atoms with Crippen molar-refractivity contribution in [3.8, 4) is 17.6 Å². The minimum atomic E-state index is -0.110. The van der Waals surface area contributed by atoms with E-state index >= 15 is 0 Å². The molecule has 2 rings (SSSR count). The number of nitriles is 1. The highest BCUT2D eigenvalue weighted by Gasteiger charge is 2.11. The lowest BCUT2D eigenvalue weighted by atomic mass is 10.1. The third kappa shape index (κ3) is 5.77. The van der Waals surface area contributed by atoms with Crippen molar-refractivity contribution >= 4 is 23.6 Å². The molecule has 0 saturated carbocycles. The molecule has 0 atom stereocenters. The van der Waals surface area contributed by atoms with Crippen molar-refractivity contribution in [2.45, 2.75) is 13.5 Å². The molecule has 0 spiro atoms. The highest BCUT2D eigenvalue weighted by molar-refractivity contribution is 6.31. The van der Waals surface area contributed by atoms with E-state index in [2.05, 4.69) is 0 Å². The molecule has 140 valence electrons. The van der Waals surface area contributed by atoms with Crippen LogP contribution in [0.1, 0.15) is 18.1 Å². The minimum absolute atomic E-state index is 0.0580. The maximum Gasteiger partial charge on any atom is 0.246 e. The molecule has 0 aromatic heterocycles. The van der Waals surface area contributed by atoms with Crippen molar-refractivity contribution < 1.29 is 14.3 Å². The van der Waals surface area contributed by atoms with E-state index in [1.54, 1.807) is 29.2 Å². The van der Waals surface area contributed by atoms with Crippen LogP contribution >= 0.6 is 11.6 Å². The number of carbonyl (C=O) groups excluding carboxylic acids is 1. The Morgan fingerprint density at radius 2 is 2.04 bits per heavy atom. The fourth-order valence-corrected chi connectivity index (χ4v) is 2.66. The molecule has 0 fully saturated rings. The van der Waals surface area contributed by atoms with Crippen LogP contribution in [0.25, 0.3) is 6.08 Å². The number of likely N-dealkylation sites (N-methyl/N-ethyl adjacent to an activating group) is 1. The lowest BCUT2D eigenvalue weighted by molar-refractivity contribution is -0.126. The molecule has 6 heteroatoms. The van der Waals surface area contributed by atoms with Crippen molar-refractivity contribution in [1.29, 1.82) is 5.26 Å². The molecule has 0 N–H and O–H groups in total. The Balaban J connectivity index is 2.10. The van der Waals surface area contributed by atoms with Crippen molar-refractivity contribution in [1.82, 2.24) is 4.90 Å². The van der Waals surface area contributed by atoms with Gasteiger partial charge in [0.15, 0.2) is 18.1 Å². The molecule has 0 bridgehead atoms. The van der Waals surface area contributed by atoms with Gasteiger partial charge in [-0.2, -0.15) is 5.26 Å². The molecule has 0 saturated heterocycles. The summed E-state index contributed by atoms with van der Waals surface area (Å²) in [5.41, 5.74) is 1.70. The smallest absolute Gasteiger partial charge is 0.246 e. The summed E-state index contributed by atoms with van der Waals surface area (Å²) in [7, 11) is 1.52. The summed E-state index contributed by atoms with van der Waals surface area (Å²) in [4.78, 5) is 14.2. The average molecular weight is 385 g/mol. The van der Waals surface area contributed by atoms with Crippen molar-refractivity contribution in [3.05, 3.63) is 64.7 Å². The van der Waals surface area contributed by atoms with E-state index in [1.165, 1.54) is 13.2 Å². The SMILES string of the molecule is CCN(Cc1ccccc1Cl)C(=O)/C=C/c1ccc(OCC#N)c(OC)c1. The number of ether oxygens (including phenoxy) is 2. The highest BCUT2D eigenvalue weighted by atomic mass is 35.5. The van der Waals surface area contributed by atoms with Gasteiger partial charge in [-0.15, -0.1) is 0 Å². The first-order valence-electron chi connectivity index (χ1n) is 8.47. The number of hydrogen-bond acceptors (Lipinski definition) is 4. The van der Waals surface area contributed by atoms with Crippen LogP contribution in [0.2, 0.25) is 5.02 Å². The van der Waals surface area contributed by atoms with Gasteiger partial charge in [0, 0.05) is 24.2 Å². The van der Waals surface area contributed by atoms with Gasteiger partial charge < -0.3 is 14.4 Å². The summed E-state index contributed by atoms with van der Waals surface area (Å²) < 4.78 is 10.6. The highest BCUT2D eigenvalue weighted by Crippen LogP contribution is 2.28. The minimum Gasteiger partial charge on any atom is -0.493 e. The third-order valence-corrected chi connectivity index (χ3v) is 4.28. The normalized spacial score (nSPS) is 10.4. The van der Waals surface area contributed by atoms with E-state index in [4.69, 9.17) is 26.3 Å². The predicted molar refractivity (Wildman–Crippen MR) is 106 cm³/mol. The lowest BCUT2D eigenvalue weighted by Gasteiger charge is -2.20. The van der Waals surface area contributed by atoms with Crippen LogP contribution in [0.3, 0.4) is 0 Å². The number of halogens is 1. The second kappa shape index (κ2) is 10.2. The first kappa shape index (κ1) is 20.3. The van der Waals surface area contributed by atoms with E-state index < -0.39 is 0 Å². The van der Waals surface area contributed by atoms with Crippen LogP contribution in [0.4, 0.5) is 0 Å². The zero-order chi connectivity index (χ0) is 19.6. The number of benzene rings is 2. The standard InChI is InChI=1S/C21H21ClN2O3/c1-3-24(15-17-6-4-5-7-18(17)22)21(25)11-9-16-8-10-19(27-13-12-23)20(14-16)26-2/h4-11,14H,3,13,15H2,1-2H3/b11-9+. The summed E-state index contributed by atoms with van der Waals surface area (Å²) in [5.74, 6) is 0.876. The van der Waals surface area contributed by atoms with E-state index in [0.29, 0.717) is 29.6 Å². The topological polar surface area (TPSA) is 62.6 Å². The van der Waals surface area contributed by atoms with Gasteiger partial charge in [-0.25, -0.2) is 0 Å². The molecule has 0 heterocycles. The predicted octanol–water partition coefficient (Wildman–Crippen LogP) is 4.31. The number of hydrogen-bond donors (Lipinski definition) is 0. The molecule has 0 unspecified atom stereocenters. The van der Waals surface area contributed by atoms with Crippen LogP contribution in [-0.2, 0) is 11.3 Å². The van der Waals surface area contributed by atoms with E-state index in [9.17, 15) is 4.79 Å². The number of rotatable bonds is 8. The molecule has 0 aliphatic carbocycles. The zero-order valence-corrected chi connectivity index (χ0v) is 16.1. The molecule has 0 radical (unpaired) electrons. The number of methoxy groups -OCH3 is 1. The second-order valence-electron chi connectivity index (χ2n) is 5.63. The summed E-state index contributed by atoms with van der Waals surface area (Å²) >= 11 is 6.19. The average Bonchev–Trinajstić information content (AvgIpc) is 2.70. The summed E-state index contributed by atoms with van der Waals surface area (Å²) in [6.07, 6.45) is 3.24. The first-order chi connectivity index (χ1) is 13.1. The quantitative estimate of drug-likeness (QED) is 0.636. The van der Waals surface area contributed by atoms with Crippen LogP contribution in [0.15, 0.2) is 48.5 Å². The molecule has 1 amide bonds. The summed E-state index contributed by atoms with van der Waals surface area (Å²) in [6.45, 7) is 2.88.